The Kier molecular flexibility index (Phi) is 3.54. The summed E-state index contributed by atoms with van der Waals surface area (Å²) in [6.07, 6.45) is -4.65. The number of nitrogens with one attached hydrogen (secondary N) is 1. The smallest absolute Gasteiger partial charge is 0.309 e. The Balaban J connectivity index is 2.51. The van der Waals surface area contributed by atoms with Gasteiger partial charge in [-0.1, -0.05) is 13.8 Å². The van der Waals surface area contributed by atoms with Crippen LogP contribution in [-0.2, 0) is 11.0 Å². The van der Waals surface area contributed by atoms with Crippen LogP contribution in [0.3, 0.4) is 0 Å². The minimum atomic E-state index is -4.65. The summed E-state index contributed by atoms with van der Waals surface area (Å²) in [4.78, 5) is 15.6. The Hall–Kier alpha value is -1.92. The van der Waals surface area contributed by atoms with Crippen molar-refractivity contribution in [2.24, 2.45) is 10.9 Å². The number of hydrogen-bond donors (Lipinski definition) is 1. The first kappa shape index (κ1) is 14.5. The molecular weight excluding hydrogens is 276 g/mol. The maximum atomic E-state index is 13.2. The molecule has 0 bridgehead atoms. The van der Waals surface area contributed by atoms with Crippen molar-refractivity contribution < 1.29 is 22.4 Å². The summed E-state index contributed by atoms with van der Waals surface area (Å²) >= 11 is 0. The van der Waals surface area contributed by atoms with E-state index in [1.54, 1.807) is 13.8 Å². The summed E-state index contributed by atoms with van der Waals surface area (Å²) < 4.78 is 51.9. The normalized spacial score (nSPS) is 19.2. The number of benzene rings is 1. The Labute approximate surface area is 112 Å². The molecule has 0 fully saturated rings. The first-order chi connectivity index (χ1) is 9.20. The molecule has 1 aromatic carbocycles. The average Bonchev–Trinajstić information content (AvgIpc) is 2.69. The second-order valence-corrected chi connectivity index (χ2v) is 4.84. The van der Waals surface area contributed by atoms with Gasteiger partial charge in [0.05, 0.1) is 5.56 Å². The van der Waals surface area contributed by atoms with Gasteiger partial charge < -0.3 is 5.32 Å². The molecule has 1 unspecified atom stereocenters. The van der Waals surface area contributed by atoms with E-state index in [4.69, 9.17) is 0 Å². The quantitative estimate of drug-likeness (QED) is 0.835. The molecule has 0 saturated carbocycles. The average molecular weight is 288 g/mol. The molecule has 7 heteroatoms. The van der Waals surface area contributed by atoms with Gasteiger partial charge in [-0.15, -0.1) is 0 Å². The van der Waals surface area contributed by atoms with Crippen molar-refractivity contribution >= 4 is 11.7 Å². The molecular formula is C13H12F4N2O. The number of nitrogens with zero attached hydrogens (tertiary/aromatic N) is 1. The van der Waals surface area contributed by atoms with Crippen molar-refractivity contribution in [3.05, 3.63) is 35.1 Å². The fraction of sp³-hybridized carbons (Fsp3) is 0.385. The third-order valence-corrected chi connectivity index (χ3v) is 2.95. The highest BCUT2D eigenvalue weighted by molar-refractivity contribution is 6.14. The van der Waals surface area contributed by atoms with Crippen LogP contribution in [0.5, 0.6) is 0 Å². The second kappa shape index (κ2) is 4.88. The number of rotatable bonds is 2. The maximum Gasteiger partial charge on any atom is 0.417 e. The standard InChI is InChI=1S/C13H12F4N2O/c1-6(2)10-12(20)19-11(18-10)8-5-7(14)3-4-9(8)13(15,16)17/h3-6,10H,1-2H3,(H,18,19,20). The summed E-state index contributed by atoms with van der Waals surface area (Å²) in [5.74, 6) is -1.69. The lowest BCUT2D eigenvalue weighted by atomic mass is 10.1. The summed E-state index contributed by atoms with van der Waals surface area (Å²) in [5, 5.41) is 2.29. The van der Waals surface area contributed by atoms with Crippen LogP contribution in [0.2, 0.25) is 0 Å². The largest absolute Gasteiger partial charge is 0.417 e. The lowest BCUT2D eigenvalue weighted by Gasteiger charge is -2.12. The van der Waals surface area contributed by atoms with E-state index in [0.29, 0.717) is 6.07 Å². The van der Waals surface area contributed by atoms with Crippen LogP contribution in [-0.4, -0.2) is 17.8 Å². The van der Waals surface area contributed by atoms with Crippen LogP contribution >= 0.6 is 0 Å². The minimum Gasteiger partial charge on any atom is -0.309 e. The highest BCUT2D eigenvalue weighted by Crippen LogP contribution is 2.33. The van der Waals surface area contributed by atoms with Crippen molar-refractivity contribution in [3.8, 4) is 0 Å². The predicted octanol–water partition coefficient (Wildman–Crippen LogP) is 2.75. The monoisotopic (exact) mass is 288 g/mol. The summed E-state index contributed by atoms with van der Waals surface area (Å²) in [6.45, 7) is 3.46. The molecule has 3 nitrogen and oxygen atoms in total. The highest BCUT2D eigenvalue weighted by atomic mass is 19.4. The number of amidine groups is 1. The zero-order chi connectivity index (χ0) is 15.1. The summed E-state index contributed by atoms with van der Waals surface area (Å²) in [6, 6.07) is 1.34. The molecule has 1 amide bonds. The van der Waals surface area contributed by atoms with Gasteiger partial charge in [-0.3, -0.25) is 9.79 Å². The molecule has 1 aliphatic rings. The number of carbonyl (C=O) groups is 1. The second-order valence-electron chi connectivity index (χ2n) is 4.84. The fourth-order valence-electron chi connectivity index (χ4n) is 1.97. The van der Waals surface area contributed by atoms with Crippen molar-refractivity contribution in [3.63, 3.8) is 0 Å². The molecule has 0 radical (unpaired) electrons. The Bertz CT molecular complexity index is 578. The molecule has 0 spiro atoms. The van der Waals surface area contributed by atoms with Crippen LogP contribution in [0.15, 0.2) is 23.2 Å². The number of aliphatic imine (C=N–C) groups is 1. The molecule has 0 aromatic heterocycles. The van der Waals surface area contributed by atoms with Gasteiger partial charge in [0, 0.05) is 5.56 Å². The number of halogens is 4. The molecule has 1 atom stereocenters. The van der Waals surface area contributed by atoms with Gasteiger partial charge in [0.15, 0.2) is 0 Å². The van der Waals surface area contributed by atoms with Crippen molar-refractivity contribution in [2.75, 3.05) is 0 Å². The Morgan fingerprint density at radius 2 is 1.95 bits per heavy atom. The van der Waals surface area contributed by atoms with E-state index in [-0.39, 0.29) is 11.8 Å². The predicted molar refractivity (Wildman–Crippen MR) is 64.7 cm³/mol. The first-order valence-corrected chi connectivity index (χ1v) is 5.96. The van der Waals surface area contributed by atoms with Gasteiger partial charge >= 0.3 is 6.18 Å². The zero-order valence-electron chi connectivity index (χ0n) is 10.8. The Morgan fingerprint density at radius 3 is 2.45 bits per heavy atom. The number of amides is 1. The van der Waals surface area contributed by atoms with E-state index in [0.717, 1.165) is 12.1 Å². The third kappa shape index (κ3) is 2.66. The lowest BCUT2D eigenvalue weighted by molar-refractivity contribution is -0.137. The molecule has 1 aliphatic heterocycles. The van der Waals surface area contributed by atoms with Crippen molar-refractivity contribution in [1.29, 1.82) is 0 Å². The molecule has 0 saturated heterocycles. The lowest BCUT2D eigenvalue weighted by Crippen LogP contribution is -2.32. The molecule has 1 heterocycles. The number of alkyl halides is 3. The topological polar surface area (TPSA) is 41.5 Å². The van der Waals surface area contributed by atoms with Gasteiger partial charge in [-0.2, -0.15) is 13.2 Å². The molecule has 2 rings (SSSR count). The van der Waals surface area contributed by atoms with E-state index < -0.39 is 35.1 Å². The molecule has 1 aromatic rings. The molecule has 0 aliphatic carbocycles. The van der Waals surface area contributed by atoms with Gasteiger partial charge in [0.2, 0.25) is 0 Å². The van der Waals surface area contributed by atoms with Crippen LogP contribution in [0.4, 0.5) is 17.6 Å². The summed E-state index contributed by atoms with van der Waals surface area (Å²) in [7, 11) is 0. The van der Waals surface area contributed by atoms with Crippen LogP contribution in [0.25, 0.3) is 0 Å². The van der Waals surface area contributed by atoms with Crippen LogP contribution in [0, 0.1) is 11.7 Å². The first-order valence-electron chi connectivity index (χ1n) is 5.96. The Morgan fingerprint density at radius 1 is 1.30 bits per heavy atom. The van der Waals surface area contributed by atoms with Gasteiger partial charge in [-0.05, 0) is 24.1 Å². The van der Waals surface area contributed by atoms with Crippen molar-refractivity contribution in [2.45, 2.75) is 26.1 Å². The van der Waals surface area contributed by atoms with Crippen molar-refractivity contribution in [1.82, 2.24) is 5.32 Å². The molecule has 108 valence electrons. The van der Waals surface area contributed by atoms with Crippen LogP contribution in [0.1, 0.15) is 25.0 Å². The van der Waals surface area contributed by atoms with Gasteiger partial charge in [0.25, 0.3) is 5.91 Å². The van der Waals surface area contributed by atoms with E-state index in [9.17, 15) is 22.4 Å². The minimum absolute atomic E-state index is 0.157. The van der Waals surface area contributed by atoms with E-state index in [2.05, 4.69) is 10.3 Å². The van der Waals surface area contributed by atoms with Gasteiger partial charge in [0.1, 0.15) is 17.7 Å². The molecule has 20 heavy (non-hydrogen) atoms. The van der Waals surface area contributed by atoms with Gasteiger partial charge in [-0.25, -0.2) is 4.39 Å². The zero-order valence-corrected chi connectivity index (χ0v) is 10.8. The molecule has 1 N–H and O–H groups in total. The maximum absolute atomic E-state index is 13.2. The third-order valence-electron chi connectivity index (χ3n) is 2.95. The fourth-order valence-corrected chi connectivity index (χ4v) is 1.97. The van der Waals surface area contributed by atoms with E-state index >= 15 is 0 Å². The van der Waals surface area contributed by atoms with E-state index in [1.165, 1.54) is 0 Å². The SMILES string of the molecule is CC(C)C1N=C(c2cc(F)ccc2C(F)(F)F)NC1=O. The van der Waals surface area contributed by atoms with E-state index in [1.807, 2.05) is 0 Å². The summed E-state index contributed by atoms with van der Waals surface area (Å²) in [5.41, 5.74) is -1.48. The number of hydrogen-bond acceptors (Lipinski definition) is 2. The number of carbonyl (C=O) groups excluding carboxylic acids is 1. The van der Waals surface area contributed by atoms with Crippen LogP contribution < -0.4 is 5.32 Å². The highest BCUT2D eigenvalue weighted by Gasteiger charge is 2.37.